The fourth-order valence-corrected chi connectivity index (χ4v) is 2.35. The first-order valence-electron chi connectivity index (χ1n) is 11.8. The smallest absolute Gasteiger partial charge is 0 e. The van der Waals surface area contributed by atoms with Crippen LogP contribution in [0.4, 0.5) is 11.4 Å². The quantitative estimate of drug-likeness (QED) is 0.0468. The Morgan fingerprint density at radius 2 is 1.35 bits per heavy atom. The summed E-state index contributed by atoms with van der Waals surface area (Å²) in [5, 5.41) is 26.8. The van der Waals surface area contributed by atoms with E-state index in [0.29, 0.717) is 53.1 Å². The van der Waals surface area contributed by atoms with Gasteiger partial charge < -0.3 is 47.4 Å². The molecule has 2 aromatic carbocycles. The summed E-state index contributed by atoms with van der Waals surface area (Å²) < 4.78 is 0. The first-order chi connectivity index (χ1) is 20.9. The largest absolute Gasteiger partial charge is 0 e. The Morgan fingerprint density at radius 3 is 1.72 bits per heavy atom. The molecule has 0 spiro atoms. The van der Waals surface area contributed by atoms with Gasteiger partial charge in [0.15, 0.2) is 0 Å². The number of carbonyl (C=O) groups excluding carboxylic acids is 1. The van der Waals surface area contributed by atoms with Crippen LogP contribution in [0.25, 0.3) is 0 Å². The molecule has 0 aliphatic rings. The molecule has 0 bridgehead atoms. The van der Waals surface area contributed by atoms with Gasteiger partial charge in [-0.1, -0.05) is 30.3 Å². The average Bonchev–Trinajstić information content (AvgIpc) is 3.00. The molecule has 0 heterocycles. The maximum absolute atomic E-state index is 10.6. The summed E-state index contributed by atoms with van der Waals surface area (Å²) in [7, 11) is 0.628. The van der Waals surface area contributed by atoms with Crippen LogP contribution >= 0.6 is 99.9 Å². The normalized spacial score (nSPS) is 10.5. The molecule has 0 saturated heterocycles. The summed E-state index contributed by atoms with van der Waals surface area (Å²) >= 11 is 12.1. The molecule has 20 heteroatoms. The SMILES string of the molecule is C=[C-][C@@H](N)CNC[CH2-].C=[C-][C@H](CNC[CH2-])N=Cc1cccc([N+](=O)[O-])c1.O=Cc1cccc([N+](=O)[O-])c1.[I][V]([I])[I].[I][V][I].[Y].[Y]. The van der Waals surface area contributed by atoms with Crippen molar-refractivity contribution < 1.29 is 94.4 Å². The number of nitrogens with two attached hydrogens (primary N) is 1. The summed E-state index contributed by atoms with van der Waals surface area (Å²) in [6.07, 6.45) is 7.57. The number of rotatable bonds is 13. The molecule has 0 aromatic heterocycles. The van der Waals surface area contributed by atoms with Crippen LogP contribution in [-0.2, 0) is 79.8 Å². The second kappa shape index (κ2) is 42.4. The predicted molar refractivity (Wildman–Crippen MR) is 215 cm³/mol. The van der Waals surface area contributed by atoms with Gasteiger partial charge in [-0.05, 0) is 18.7 Å². The number of nitrogens with one attached hydrogen (secondary N) is 2. The number of non-ortho nitro benzene ring substituents is 2. The Morgan fingerprint density at radius 1 is 0.935 bits per heavy atom. The van der Waals surface area contributed by atoms with Crippen molar-refractivity contribution in [3.63, 3.8) is 0 Å². The number of nitro benzene ring substituents is 2. The summed E-state index contributed by atoms with van der Waals surface area (Å²) in [5.74, 6) is 0. The molecule has 46 heavy (non-hydrogen) atoms. The van der Waals surface area contributed by atoms with Gasteiger partial charge in [0.2, 0.25) is 0 Å². The minimum Gasteiger partial charge on any atom is 0 e. The van der Waals surface area contributed by atoms with Gasteiger partial charge >= 0.3 is 114 Å². The predicted octanol–water partition coefficient (Wildman–Crippen LogP) is 7.35. The van der Waals surface area contributed by atoms with E-state index >= 15 is 0 Å². The van der Waals surface area contributed by atoms with E-state index in [0.717, 1.165) is 0 Å². The Bertz CT molecular complexity index is 1130. The number of benzene rings is 2. The van der Waals surface area contributed by atoms with E-state index in [1.807, 2.05) is 0 Å². The van der Waals surface area contributed by atoms with Gasteiger partial charge in [-0.15, -0.1) is 19.1 Å². The fraction of sp³-hybridized carbons (Fsp3) is 0.231. The van der Waals surface area contributed by atoms with Gasteiger partial charge in [0, 0.05) is 101 Å². The molecule has 0 fully saturated rings. The van der Waals surface area contributed by atoms with Crippen molar-refractivity contribution in [2.24, 2.45) is 10.7 Å². The van der Waals surface area contributed by atoms with Crippen LogP contribution < -0.4 is 16.4 Å². The van der Waals surface area contributed by atoms with Gasteiger partial charge in [0.05, 0.1) is 9.85 Å². The van der Waals surface area contributed by atoms with Gasteiger partial charge in [-0.2, -0.15) is 0 Å². The molecule has 4 N–H and O–H groups in total. The van der Waals surface area contributed by atoms with E-state index in [4.69, 9.17) is 5.73 Å². The average molecular weight is 1420 g/mol. The number of carbonyl (C=O) groups is 1. The summed E-state index contributed by atoms with van der Waals surface area (Å²) in [5.41, 5.74) is 6.38. The maximum atomic E-state index is 10.6. The minimum absolute atomic E-state index is 0. The zero-order chi connectivity index (χ0) is 34.3. The summed E-state index contributed by atoms with van der Waals surface area (Å²) in [4.78, 5) is 33.9. The Kier molecular flexibility index (Phi) is 53.7. The molecular formula is C26H32I5N6O5V2Y2-4. The van der Waals surface area contributed by atoms with E-state index in [2.05, 4.69) is 155 Å². The van der Waals surface area contributed by atoms with Crippen molar-refractivity contribution in [2.45, 2.75) is 12.1 Å². The van der Waals surface area contributed by atoms with E-state index < -0.39 is 9.85 Å². The standard InChI is InChI=1S/C13H15N3O2.C7H5NO3.C6H12N2.5HI.2V.2Y/c1-3-12(10-14-4-2)15-9-11-6-5-7-13(8-11)16(17)18;9-5-6-2-1-3-7(4-6)8(10)11;1-3-6(7)5-8-4-2;;;;;;;;;/h5-9,12,14H,1-2,4,10H2;1-5H;6,8H,1-2,4-5,7H2;5*1H;;;;/q-2;;-2;;;;;;+2;+3;;/p-5/t12-;;6-;;;;;;;;;/m1.1........./s1. The number of nitro groups is 2. The van der Waals surface area contributed by atoms with Crippen molar-refractivity contribution in [3.8, 4) is 0 Å². The third-order valence-corrected chi connectivity index (χ3v) is 4.25. The molecule has 251 valence electrons. The molecule has 0 saturated carbocycles. The Balaban J connectivity index is -0.000000172. The summed E-state index contributed by atoms with van der Waals surface area (Å²) in [6.45, 7) is 16.8. The fourth-order valence-electron chi connectivity index (χ4n) is 2.35. The zero-order valence-electron chi connectivity index (χ0n) is 24.5. The van der Waals surface area contributed by atoms with Gasteiger partial charge in [-0.3, -0.25) is 38.2 Å². The van der Waals surface area contributed by atoms with Crippen LogP contribution in [0.3, 0.4) is 0 Å². The molecule has 0 amide bonds. The van der Waals surface area contributed by atoms with Crippen LogP contribution in [0.2, 0.25) is 0 Å². The molecule has 0 aliphatic heterocycles. The number of aliphatic imine (C=N–C) groups is 1. The number of halogens is 5. The zero-order valence-corrected chi connectivity index (χ0v) is 43.7. The molecule has 2 atom stereocenters. The van der Waals surface area contributed by atoms with Crippen LogP contribution in [0.15, 0.2) is 66.7 Å². The van der Waals surface area contributed by atoms with E-state index in [9.17, 15) is 25.0 Å². The summed E-state index contributed by atoms with van der Waals surface area (Å²) in [6, 6.07) is 11.6. The van der Waals surface area contributed by atoms with Gasteiger partial charge in [0.25, 0.3) is 11.4 Å². The molecule has 0 unspecified atom stereocenters. The van der Waals surface area contributed by atoms with E-state index in [-0.39, 0.29) is 93.8 Å². The molecule has 2 aromatic rings. The van der Waals surface area contributed by atoms with Crippen LogP contribution in [0.1, 0.15) is 15.9 Å². The second-order valence-electron chi connectivity index (χ2n) is 7.29. The second-order valence-corrected chi connectivity index (χ2v) is 54.5. The molecule has 11 nitrogen and oxygen atoms in total. The molecule has 2 rings (SSSR count). The van der Waals surface area contributed by atoms with E-state index in [1.165, 1.54) is 36.4 Å². The molecular weight excluding hydrogens is 1390 g/mol. The van der Waals surface area contributed by atoms with Crippen LogP contribution in [-0.4, -0.2) is 60.6 Å². The number of hydrogen-bond acceptors (Lipinski definition) is 9. The van der Waals surface area contributed by atoms with Gasteiger partial charge in [0.1, 0.15) is 6.29 Å². The Hall–Kier alpha value is 2.97. The van der Waals surface area contributed by atoms with Crippen molar-refractivity contribution >= 4 is 124 Å². The third-order valence-electron chi connectivity index (χ3n) is 4.25. The first kappa shape index (κ1) is 58.3. The van der Waals surface area contributed by atoms with Crippen molar-refractivity contribution in [1.29, 1.82) is 0 Å². The third kappa shape index (κ3) is 39.7. The molecule has 2 radical (unpaired) electrons. The number of aldehydes is 1. The van der Waals surface area contributed by atoms with Gasteiger partial charge in [-0.25, -0.2) is 0 Å². The Labute approximate surface area is 389 Å². The first-order valence-corrected chi connectivity index (χ1v) is 34.4. The van der Waals surface area contributed by atoms with E-state index in [1.54, 1.807) is 18.3 Å². The number of nitrogens with zero attached hydrogens (tertiary/aromatic N) is 3. The van der Waals surface area contributed by atoms with Crippen LogP contribution in [0.5, 0.6) is 0 Å². The molecule has 0 aliphatic carbocycles. The van der Waals surface area contributed by atoms with Crippen LogP contribution in [0, 0.1) is 46.2 Å². The van der Waals surface area contributed by atoms with Crippen molar-refractivity contribution in [2.75, 3.05) is 26.2 Å². The van der Waals surface area contributed by atoms with Crippen molar-refractivity contribution in [1.82, 2.24) is 10.6 Å². The van der Waals surface area contributed by atoms with Crippen molar-refractivity contribution in [3.05, 3.63) is 119 Å². The number of hydrogen-bond donors (Lipinski definition) is 3. The topological polar surface area (TPSA) is 166 Å². The maximum Gasteiger partial charge on any atom is 0 e. The monoisotopic (exact) mass is 1420 g/mol. The minimum atomic E-state index is -0.535.